The third-order valence-electron chi connectivity index (χ3n) is 3.76. The average molecular weight is 363 g/mol. The van der Waals surface area contributed by atoms with Crippen molar-refractivity contribution < 1.29 is 18.3 Å². The molecular weight excluding hydrogens is 340 g/mol. The van der Waals surface area contributed by atoms with Gasteiger partial charge in [0.05, 0.1) is 14.2 Å². The molecule has 0 saturated heterocycles. The van der Waals surface area contributed by atoms with Crippen LogP contribution in [0.25, 0.3) is 0 Å². The van der Waals surface area contributed by atoms with E-state index in [0.717, 1.165) is 11.6 Å². The monoisotopic (exact) mass is 363 g/mol. The van der Waals surface area contributed by atoms with E-state index < -0.39 is 11.6 Å². The second-order valence-corrected chi connectivity index (χ2v) is 5.57. The van der Waals surface area contributed by atoms with Crippen LogP contribution in [0.5, 0.6) is 11.5 Å². The molecule has 0 spiro atoms. The normalized spacial score (nSPS) is 11.2. The van der Waals surface area contributed by atoms with Gasteiger partial charge < -0.3 is 20.1 Å². The van der Waals surface area contributed by atoms with Crippen LogP contribution in [0.4, 0.5) is 8.78 Å². The molecule has 7 heteroatoms. The molecule has 0 aliphatic carbocycles. The quantitative estimate of drug-likeness (QED) is 0.587. The van der Waals surface area contributed by atoms with E-state index in [9.17, 15) is 8.78 Å². The molecular formula is C19H23F2N3O2. The van der Waals surface area contributed by atoms with Crippen molar-refractivity contribution in [1.29, 1.82) is 0 Å². The van der Waals surface area contributed by atoms with Crippen LogP contribution >= 0.6 is 0 Å². The lowest BCUT2D eigenvalue weighted by molar-refractivity contribution is 0.354. The molecule has 0 bridgehead atoms. The fourth-order valence-electron chi connectivity index (χ4n) is 2.48. The highest BCUT2D eigenvalue weighted by atomic mass is 19.1. The van der Waals surface area contributed by atoms with Crippen molar-refractivity contribution in [3.8, 4) is 11.5 Å². The first kappa shape index (κ1) is 19.5. The van der Waals surface area contributed by atoms with Crippen LogP contribution in [0.1, 0.15) is 11.1 Å². The summed E-state index contributed by atoms with van der Waals surface area (Å²) < 4.78 is 36.9. The van der Waals surface area contributed by atoms with Gasteiger partial charge in [0.2, 0.25) is 0 Å². The van der Waals surface area contributed by atoms with E-state index in [1.807, 2.05) is 18.2 Å². The third kappa shape index (κ3) is 5.61. The molecule has 5 nitrogen and oxygen atoms in total. The van der Waals surface area contributed by atoms with Crippen molar-refractivity contribution >= 4 is 5.96 Å². The molecule has 2 aromatic rings. The molecule has 2 aromatic carbocycles. The number of aliphatic imine (C=N–C) groups is 1. The topological polar surface area (TPSA) is 54.9 Å². The van der Waals surface area contributed by atoms with Gasteiger partial charge in [-0.05, 0) is 41.8 Å². The number of guanidine groups is 1. The molecule has 0 saturated carbocycles. The van der Waals surface area contributed by atoms with Crippen molar-refractivity contribution in [2.45, 2.75) is 13.0 Å². The maximum Gasteiger partial charge on any atom is 0.191 e. The van der Waals surface area contributed by atoms with E-state index in [-0.39, 0.29) is 0 Å². The summed E-state index contributed by atoms with van der Waals surface area (Å²) in [6.45, 7) is 1.03. The molecule has 0 fully saturated rings. The minimum atomic E-state index is -0.573. The Kier molecular flexibility index (Phi) is 7.20. The Bertz CT molecular complexity index is 746. The Balaban J connectivity index is 1.86. The summed E-state index contributed by atoms with van der Waals surface area (Å²) in [5, 5.41) is 6.29. The molecule has 2 rings (SSSR count). The summed E-state index contributed by atoms with van der Waals surface area (Å²) in [7, 11) is 4.84. The third-order valence-corrected chi connectivity index (χ3v) is 3.76. The van der Waals surface area contributed by atoms with Crippen LogP contribution in [0.15, 0.2) is 41.4 Å². The summed E-state index contributed by atoms with van der Waals surface area (Å²) >= 11 is 0. The highest BCUT2D eigenvalue weighted by molar-refractivity contribution is 5.79. The zero-order valence-electron chi connectivity index (χ0n) is 15.1. The number of halogens is 2. The van der Waals surface area contributed by atoms with Gasteiger partial charge in [0.1, 0.15) is 11.6 Å². The molecule has 0 heterocycles. The van der Waals surface area contributed by atoms with Crippen LogP contribution < -0.4 is 20.1 Å². The van der Waals surface area contributed by atoms with Gasteiger partial charge in [0.25, 0.3) is 0 Å². The van der Waals surface area contributed by atoms with Gasteiger partial charge in [-0.1, -0.05) is 6.07 Å². The highest BCUT2D eigenvalue weighted by Crippen LogP contribution is 2.27. The van der Waals surface area contributed by atoms with Crippen LogP contribution in [0, 0.1) is 11.6 Å². The van der Waals surface area contributed by atoms with Gasteiger partial charge in [-0.25, -0.2) is 8.78 Å². The van der Waals surface area contributed by atoms with Crippen molar-refractivity contribution in [2.24, 2.45) is 4.99 Å². The first-order valence-corrected chi connectivity index (χ1v) is 8.16. The largest absolute Gasteiger partial charge is 0.493 e. The molecule has 0 aliphatic heterocycles. The second-order valence-electron chi connectivity index (χ2n) is 5.57. The lowest BCUT2D eigenvalue weighted by Crippen LogP contribution is -2.37. The maximum atomic E-state index is 13.2. The zero-order valence-corrected chi connectivity index (χ0v) is 15.1. The van der Waals surface area contributed by atoms with E-state index in [1.54, 1.807) is 21.3 Å². The van der Waals surface area contributed by atoms with E-state index in [4.69, 9.17) is 9.47 Å². The second kappa shape index (κ2) is 9.60. The minimum absolute atomic E-state index is 0.478. The van der Waals surface area contributed by atoms with Gasteiger partial charge in [-0.15, -0.1) is 0 Å². The van der Waals surface area contributed by atoms with E-state index in [1.165, 1.54) is 12.1 Å². The number of nitrogens with zero attached hydrogens (tertiary/aromatic N) is 1. The molecule has 0 aromatic heterocycles. The van der Waals surface area contributed by atoms with Gasteiger partial charge in [-0.3, -0.25) is 4.99 Å². The van der Waals surface area contributed by atoms with Crippen molar-refractivity contribution in [1.82, 2.24) is 10.6 Å². The molecule has 0 aliphatic rings. The number of rotatable bonds is 7. The highest BCUT2D eigenvalue weighted by Gasteiger charge is 2.06. The predicted octanol–water partition coefficient (Wildman–Crippen LogP) is 2.89. The van der Waals surface area contributed by atoms with Crippen molar-refractivity contribution in [3.63, 3.8) is 0 Å². The van der Waals surface area contributed by atoms with E-state index in [0.29, 0.717) is 42.5 Å². The van der Waals surface area contributed by atoms with Crippen LogP contribution in [0.3, 0.4) is 0 Å². The number of nitrogens with one attached hydrogen (secondary N) is 2. The molecule has 0 atom stereocenters. The predicted molar refractivity (Wildman–Crippen MR) is 97.8 cm³/mol. The molecule has 26 heavy (non-hydrogen) atoms. The fourth-order valence-corrected chi connectivity index (χ4v) is 2.48. The number of ether oxygens (including phenoxy) is 2. The smallest absolute Gasteiger partial charge is 0.191 e. The molecule has 0 radical (unpaired) electrons. The standard InChI is InChI=1S/C19H23F2N3O2/c1-22-19(23-7-6-13-8-15(20)11-16(21)9-13)24-12-14-4-5-17(25-2)18(10-14)26-3/h4-5,8-11H,6-7,12H2,1-3H3,(H2,22,23,24). The summed E-state index contributed by atoms with van der Waals surface area (Å²) in [6, 6.07) is 9.16. The molecule has 0 unspecified atom stereocenters. The van der Waals surface area contributed by atoms with Gasteiger partial charge in [0.15, 0.2) is 17.5 Å². The summed E-state index contributed by atoms with van der Waals surface area (Å²) in [6.07, 6.45) is 0.478. The van der Waals surface area contributed by atoms with Crippen LogP contribution in [0.2, 0.25) is 0 Å². The first-order valence-electron chi connectivity index (χ1n) is 8.16. The Morgan fingerprint density at radius 1 is 0.923 bits per heavy atom. The van der Waals surface area contributed by atoms with Gasteiger partial charge in [-0.2, -0.15) is 0 Å². The van der Waals surface area contributed by atoms with E-state index >= 15 is 0 Å². The Labute approximate surface area is 152 Å². The molecule has 2 N–H and O–H groups in total. The number of methoxy groups -OCH3 is 2. The summed E-state index contributed by atoms with van der Waals surface area (Å²) in [5.74, 6) is 0.771. The minimum Gasteiger partial charge on any atom is -0.493 e. The Hall–Kier alpha value is -2.83. The average Bonchev–Trinajstić information content (AvgIpc) is 2.63. The van der Waals surface area contributed by atoms with Gasteiger partial charge >= 0.3 is 0 Å². The summed E-state index contributed by atoms with van der Waals surface area (Å²) in [4.78, 5) is 4.14. The Morgan fingerprint density at radius 3 is 2.23 bits per heavy atom. The maximum absolute atomic E-state index is 13.2. The van der Waals surface area contributed by atoms with Crippen molar-refractivity contribution in [2.75, 3.05) is 27.8 Å². The van der Waals surface area contributed by atoms with Crippen molar-refractivity contribution in [3.05, 3.63) is 59.2 Å². The first-order chi connectivity index (χ1) is 12.5. The zero-order chi connectivity index (χ0) is 18.9. The SMILES string of the molecule is CN=C(NCCc1cc(F)cc(F)c1)NCc1ccc(OC)c(OC)c1. The number of hydrogen-bond donors (Lipinski definition) is 2. The number of hydrogen-bond acceptors (Lipinski definition) is 3. The number of benzene rings is 2. The van der Waals surface area contributed by atoms with Crippen LogP contribution in [-0.4, -0.2) is 33.8 Å². The Morgan fingerprint density at radius 2 is 1.62 bits per heavy atom. The lowest BCUT2D eigenvalue weighted by atomic mass is 10.1. The van der Waals surface area contributed by atoms with Crippen LogP contribution in [-0.2, 0) is 13.0 Å². The summed E-state index contributed by atoms with van der Waals surface area (Å²) in [5.41, 5.74) is 1.59. The molecule has 0 amide bonds. The molecule has 140 valence electrons. The van der Waals surface area contributed by atoms with E-state index in [2.05, 4.69) is 15.6 Å². The van der Waals surface area contributed by atoms with Gasteiger partial charge in [0, 0.05) is 26.2 Å². The fraction of sp³-hybridized carbons (Fsp3) is 0.316. The lowest BCUT2D eigenvalue weighted by Gasteiger charge is -2.13.